The summed E-state index contributed by atoms with van der Waals surface area (Å²) in [5.41, 5.74) is 2.11. The molecular weight excluding hydrogens is 248 g/mol. The minimum absolute atomic E-state index is 0.381. The van der Waals surface area contributed by atoms with E-state index < -0.39 is 0 Å². The smallest absolute Gasteiger partial charge is 0.141 e. The molecule has 0 aromatic heterocycles. The summed E-state index contributed by atoms with van der Waals surface area (Å²) in [6.07, 6.45) is 4.04. The van der Waals surface area contributed by atoms with Gasteiger partial charge in [0.15, 0.2) is 0 Å². The van der Waals surface area contributed by atoms with Gasteiger partial charge in [0.2, 0.25) is 0 Å². The summed E-state index contributed by atoms with van der Waals surface area (Å²) in [5, 5.41) is 10.2. The standard InChI is InChI=1S/C15H21ClO2/c1-10-6-13(8-11(2)17)15(14(16)7-10)18-9-12-4-3-5-12/h6-7,11-12,17H,3-5,8-9H2,1-2H3. The summed E-state index contributed by atoms with van der Waals surface area (Å²) in [6, 6.07) is 3.97. The fourth-order valence-electron chi connectivity index (χ4n) is 2.29. The van der Waals surface area contributed by atoms with E-state index in [2.05, 4.69) is 6.07 Å². The number of halogens is 1. The molecule has 2 rings (SSSR count). The molecule has 1 unspecified atom stereocenters. The number of aliphatic hydroxyl groups is 1. The van der Waals surface area contributed by atoms with Crippen molar-refractivity contribution in [1.29, 1.82) is 0 Å². The van der Waals surface area contributed by atoms with Crippen LogP contribution >= 0.6 is 11.6 Å². The van der Waals surface area contributed by atoms with Gasteiger partial charge in [-0.1, -0.05) is 24.1 Å². The first-order chi connectivity index (χ1) is 8.56. The molecule has 0 aliphatic heterocycles. The van der Waals surface area contributed by atoms with Gasteiger partial charge in [0.25, 0.3) is 0 Å². The molecule has 100 valence electrons. The van der Waals surface area contributed by atoms with Crippen molar-refractivity contribution in [3.63, 3.8) is 0 Å². The van der Waals surface area contributed by atoms with Gasteiger partial charge in [-0.15, -0.1) is 0 Å². The van der Waals surface area contributed by atoms with Crippen molar-refractivity contribution in [3.05, 3.63) is 28.3 Å². The van der Waals surface area contributed by atoms with E-state index in [1.165, 1.54) is 19.3 Å². The Morgan fingerprint density at radius 1 is 1.44 bits per heavy atom. The van der Waals surface area contributed by atoms with Gasteiger partial charge in [0.1, 0.15) is 5.75 Å². The Hall–Kier alpha value is -0.730. The van der Waals surface area contributed by atoms with Crippen LogP contribution in [0.25, 0.3) is 0 Å². The first-order valence-electron chi connectivity index (χ1n) is 6.66. The highest BCUT2D eigenvalue weighted by Gasteiger charge is 2.20. The van der Waals surface area contributed by atoms with Crippen LogP contribution in [0.5, 0.6) is 5.75 Å². The van der Waals surface area contributed by atoms with Crippen LogP contribution in [-0.4, -0.2) is 17.8 Å². The zero-order valence-electron chi connectivity index (χ0n) is 11.1. The summed E-state index contributed by atoms with van der Waals surface area (Å²) >= 11 is 6.26. The molecule has 0 amide bonds. The topological polar surface area (TPSA) is 29.5 Å². The van der Waals surface area contributed by atoms with Crippen LogP contribution in [-0.2, 0) is 6.42 Å². The van der Waals surface area contributed by atoms with Crippen LogP contribution in [0.1, 0.15) is 37.3 Å². The van der Waals surface area contributed by atoms with Gasteiger partial charge in [-0.25, -0.2) is 0 Å². The number of rotatable bonds is 5. The van der Waals surface area contributed by atoms with Crippen molar-refractivity contribution < 1.29 is 9.84 Å². The van der Waals surface area contributed by atoms with Gasteiger partial charge >= 0.3 is 0 Å². The Balaban J connectivity index is 2.13. The third-order valence-electron chi connectivity index (χ3n) is 3.47. The lowest BCUT2D eigenvalue weighted by Gasteiger charge is -2.26. The maximum absolute atomic E-state index is 9.55. The van der Waals surface area contributed by atoms with Crippen LogP contribution in [0.15, 0.2) is 12.1 Å². The van der Waals surface area contributed by atoms with Crippen molar-refractivity contribution in [1.82, 2.24) is 0 Å². The van der Waals surface area contributed by atoms with E-state index in [-0.39, 0.29) is 6.10 Å². The number of aryl methyl sites for hydroxylation is 1. The van der Waals surface area contributed by atoms with Crippen molar-refractivity contribution in [2.75, 3.05) is 6.61 Å². The zero-order chi connectivity index (χ0) is 13.1. The molecular formula is C15H21ClO2. The summed E-state index contributed by atoms with van der Waals surface area (Å²) in [6.45, 7) is 4.54. The van der Waals surface area contributed by atoms with Gasteiger partial charge in [0.05, 0.1) is 17.7 Å². The molecule has 2 nitrogen and oxygen atoms in total. The summed E-state index contributed by atoms with van der Waals surface area (Å²) in [7, 11) is 0. The molecule has 1 saturated carbocycles. The molecule has 1 aromatic carbocycles. The fourth-order valence-corrected chi connectivity index (χ4v) is 2.64. The first kappa shape index (κ1) is 13.7. The Morgan fingerprint density at radius 2 is 2.17 bits per heavy atom. The summed E-state index contributed by atoms with van der Waals surface area (Å²) in [5.74, 6) is 1.44. The van der Waals surface area contributed by atoms with Gasteiger partial charge < -0.3 is 9.84 Å². The predicted molar refractivity (Wildman–Crippen MR) is 74.4 cm³/mol. The Morgan fingerprint density at radius 3 is 2.72 bits per heavy atom. The number of ether oxygens (including phenoxy) is 1. The molecule has 1 aliphatic carbocycles. The zero-order valence-corrected chi connectivity index (χ0v) is 11.8. The van der Waals surface area contributed by atoms with E-state index in [9.17, 15) is 5.11 Å². The van der Waals surface area contributed by atoms with Gasteiger partial charge in [-0.3, -0.25) is 0 Å². The molecule has 1 fully saturated rings. The minimum atomic E-state index is -0.381. The predicted octanol–water partition coefficient (Wildman–Crippen LogP) is 3.75. The molecule has 0 bridgehead atoms. The monoisotopic (exact) mass is 268 g/mol. The van der Waals surface area contributed by atoms with E-state index in [0.29, 0.717) is 17.4 Å². The summed E-state index contributed by atoms with van der Waals surface area (Å²) in [4.78, 5) is 0. The van der Waals surface area contributed by atoms with E-state index in [4.69, 9.17) is 16.3 Å². The fraction of sp³-hybridized carbons (Fsp3) is 0.600. The normalized spacial score (nSPS) is 17.3. The lowest BCUT2D eigenvalue weighted by Crippen LogP contribution is -2.20. The highest BCUT2D eigenvalue weighted by molar-refractivity contribution is 6.32. The van der Waals surface area contributed by atoms with E-state index in [1.54, 1.807) is 6.92 Å². The van der Waals surface area contributed by atoms with Crippen LogP contribution < -0.4 is 4.74 Å². The average Bonchev–Trinajstić information content (AvgIpc) is 2.18. The van der Waals surface area contributed by atoms with Crippen LogP contribution in [0, 0.1) is 12.8 Å². The Bertz CT molecular complexity index is 411. The van der Waals surface area contributed by atoms with Crippen LogP contribution in [0.2, 0.25) is 5.02 Å². The van der Waals surface area contributed by atoms with Gasteiger partial charge in [-0.2, -0.15) is 0 Å². The third-order valence-corrected chi connectivity index (χ3v) is 3.75. The number of aliphatic hydroxyl groups excluding tert-OH is 1. The molecule has 0 spiro atoms. The molecule has 0 heterocycles. The SMILES string of the molecule is Cc1cc(Cl)c(OCC2CCC2)c(CC(C)O)c1. The van der Waals surface area contributed by atoms with Crippen LogP contribution in [0.4, 0.5) is 0 Å². The molecule has 18 heavy (non-hydrogen) atoms. The van der Waals surface area contributed by atoms with Gasteiger partial charge in [0, 0.05) is 6.42 Å². The van der Waals surface area contributed by atoms with Crippen molar-refractivity contribution >= 4 is 11.6 Å². The van der Waals surface area contributed by atoms with E-state index in [0.717, 1.165) is 23.5 Å². The average molecular weight is 269 g/mol. The second-order valence-corrected chi connectivity index (χ2v) is 5.80. The number of hydrogen-bond acceptors (Lipinski definition) is 2. The van der Waals surface area contributed by atoms with E-state index in [1.807, 2.05) is 13.0 Å². The lowest BCUT2D eigenvalue weighted by molar-refractivity contribution is 0.173. The Kier molecular flexibility index (Phi) is 4.52. The van der Waals surface area contributed by atoms with Gasteiger partial charge in [-0.05, 0) is 49.8 Å². The Labute approximate surface area is 114 Å². The van der Waals surface area contributed by atoms with Crippen molar-refractivity contribution in [2.24, 2.45) is 5.92 Å². The quantitative estimate of drug-likeness (QED) is 0.881. The molecule has 0 saturated heterocycles. The van der Waals surface area contributed by atoms with Crippen LogP contribution in [0.3, 0.4) is 0 Å². The molecule has 1 aliphatic rings. The molecule has 1 N–H and O–H groups in total. The third kappa shape index (κ3) is 3.39. The second-order valence-electron chi connectivity index (χ2n) is 5.40. The highest BCUT2D eigenvalue weighted by Crippen LogP contribution is 2.34. The maximum atomic E-state index is 9.55. The molecule has 0 radical (unpaired) electrons. The largest absolute Gasteiger partial charge is 0.491 e. The maximum Gasteiger partial charge on any atom is 0.141 e. The lowest BCUT2D eigenvalue weighted by atomic mass is 9.86. The molecule has 1 aromatic rings. The highest BCUT2D eigenvalue weighted by atomic mass is 35.5. The first-order valence-corrected chi connectivity index (χ1v) is 7.04. The van der Waals surface area contributed by atoms with Crippen molar-refractivity contribution in [3.8, 4) is 5.75 Å². The molecule has 3 heteroatoms. The number of benzene rings is 1. The summed E-state index contributed by atoms with van der Waals surface area (Å²) < 4.78 is 5.88. The number of hydrogen-bond donors (Lipinski definition) is 1. The molecule has 1 atom stereocenters. The van der Waals surface area contributed by atoms with E-state index >= 15 is 0 Å². The minimum Gasteiger partial charge on any atom is -0.491 e. The second kappa shape index (κ2) is 5.94. The van der Waals surface area contributed by atoms with Crippen molar-refractivity contribution in [2.45, 2.75) is 45.6 Å².